The number of carbonyl (C=O) groups is 1. The van der Waals surface area contributed by atoms with Gasteiger partial charge in [-0.2, -0.15) is 0 Å². The van der Waals surface area contributed by atoms with Crippen LogP contribution in [-0.4, -0.2) is 53.8 Å². The monoisotopic (exact) mass is 408 g/mol. The third-order valence-corrected chi connectivity index (χ3v) is 6.32. The number of aromatic nitrogens is 1. The molecule has 1 atom stereocenters. The van der Waals surface area contributed by atoms with Crippen LogP contribution in [0.4, 0.5) is 0 Å². The maximum absolute atomic E-state index is 12.8. The molecule has 0 unspecified atom stereocenters. The summed E-state index contributed by atoms with van der Waals surface area (Å²) in [5.41, 5.74) is 3.18. The first-order chi connectivity index (χ1) is 14.7. The van der Waals surface area contributed by atoms with Gasteiger partial charge in [0, 0.05) is 25.4 Å². The predicted molar refractivity (Wildman–Crippen MR) is 111 cm³/mol. The highest BCUT2D eigenvalue weighted by molar-refractivity contribution is 5.80. The van der Waals surface area contributed by atoms with Crippen LogP contribution in [0, 0.1) is 0 Å². The molecule has 2 saturated heterocycles. The smallest absolute Gasteiger partial charge is 0.227 e. The summed E-state index contributed by atoms with van der Waals surface area (Å²) in [5, 5.41) is 0. The molecule has 2 aromatic rings. The summed E-state index contributed by atoms with van der Waals surface area (Å²) >= 11 is 0. The van der Waals surface area contributed by atoms with Crippen molar-refractivity contribution < 1.29 is 19.0 Å². The molecule has 30 heavy (non-hydrogen) atoms. The van der Waals surface area contributed by atoms with E-state index in [9.17, 15) is 4.79 Å². The minimum absolute atomic E-state index is 0.167. The minimum Gasteiger partial charge on any atom is -0.493 e. The van der Waals surface area contributed by atoms with Gasteiger partial charge < -0.3 is 19.1 Å². The number of aryl methyl sites for hydroxylation is 1. The Morgan fingerprint density at radius 2 is 2.03 bits per heavy atom. The van der Waals surface area contributed by atoms with Gasteiger partial charge in [0.05, 0.1) is 38.8 Å². The van der Waals surface area contributed by atoms with Crippen LogP contribution in [0.2, 0.25) is 0 Å². The van der Waals surface area contributed by atoms with Crippen LogP contribution in [0.15, 0.2) is 42.7 Å². The average Bonchev–Trinajstić information content (AvgIpc) is 2.77. The normalized spacial score (nSPS) is 22.1. The van der Waals surface area contributed by atoms with E-state index in [1.807, 2.05) is 29.2 Å². The fourth-order valence-corrected chi connectivity index (χ4v) is 4.67. The summed E-state index contributed by atoms with van der Waals surface area (Å²) in [7, 11) is 0. The van der Waals surface area contributed by atoms with Crippen molar-refractivity contribution in [2.24, 2.45) is 0 Å². The van der Waals surface area contributed by atoms with Gasteiger partial charge in [-0.25, -0.2) is 0 Å². The second-order valence-electron chi connectivity index (χ2n) is 8.63. The Bertz CT molecular complexity index is 895. The maximum atomic E-state index is 12.8. The van der Waals surface area contributed by atoms with E-state index in [2.05, 4.69) is 11.1 Å². The van der Waals surface area contributed by atoms with Crippen molar-refractivity contribution in [3.05, 3.63) is 59.4 Å². The fraction of sp³-hybridized carbons (Fsp3) is 0.500. The lowest BCUT2D eigenvalue weighted by molar-refractivity contribution is -0.202. The molecule has 0 radical (unpaired) electrons. The number of hydrogen-bond acceptors (Lipinski definition) is 5. The quantitative estimate of drug-likeness (QED) is 0.761. The SMILES string of the molecule is O=C(Cc1ccc2c(c1)CCCO2)N1CC2(C[C@H](OCc3ccncc3)CCO2)C1. The predicted octanol–water partition coefficient (Wildman–Crippen LogP) is 2.93. The highest BCUT2D eigenvalue weighted by Crippen LogP contribution is 2.36. The molecular formula is C24H28N2O4. The fourth-order valence-electron chi connectivity index (χ4n) is 4.67. The molecule has 3 aliphatic rings. The second kappa shape index (κ2) is 8.36. The third-order valence-electron chi connectivity index (χ3n) is 6.32. The van der Waals surface area contributed by atoms with Gasteiger partial charge in [0.15, 0.2) is 0 Å². The zero-order valence-electron chi connectivity index (χ0n) is 17.2. The molecule has 1 aromatic carbocycles. The number of amides is 1. The highest BCUT2D eigenvalue weighted by atomic mass is 16.5. The Hall–Kier alpha value is -2.44. The maximum Gasteiger partial charge on any atom is 0.227 e. The van der Waals surface area contributed by atoms with Gasteiger partial charge in [0.2, 0.25) is 5.91 Å². The molecule has 5 rings (SSSR count). The van der Waals surface area contributed by atoms with Crippen molar-refractivity contribution in [1.29, 1.82) is 0 Å². The second-order valence-corrected chi connectivity index (χ2v) is 8.63. The Morgan fingerprint density at radius 1 is 1.17 bits per heavy atom. The van der Waals surface area contributed by atoms with Crippen LogP contribution in [0.3, 0.4) is 0 Å². The van der Waals surface area contributed by atoms with Crippen molar-refractivity contribution in [3.63, 3.8) is 0 Å². The third kappa shape index (κ3) is 4.20. The molecule has 6 nitrogen and oxygen atoms in total. The van der Waals surface area contributed by atoms with E-state index in [0.29, 0.717) is 32.7 Å². The number of likely N-dealkylation sites (tertiary alicyclic amines) is 1. The van der Waals surface area contributed by atoms with Crippen LogP contribution < -0.4 is 4.74 Å². The number of nitrogens with zero attached hydrogens (tertiary/aromatic N) is 2. The zero-order valence-corrected chi connectivity index (χ0v) is 17.2. The lowest BCUT2D eigenvalue weighted by Crippen LogP contribution is -2.67. The van der Waals surface area contributed by atoms with Crippen molar-refractivity contribution in [3.8, 4) is 5.75 Å². The van der Waals surface area contributed by atoms with Gasteiger partial charge in [-0.1, -0.05) is 12.1 Å². The van der Waals surface area contributed by atoms with Crippen molar-refractivity contribution >= 4 is 5.91 Å². The number of carbonyl (C=O) groups excluding carboxylic acids is 1. The standard InChI is InChI=1S/C24H28N2O4/c27-23(13-19-3-4-22-20(12-19)2-1-10-28-22)26-16-24(17-26)14-21(7-11-30-24)29-15-18-5-8-25-9-6-18/h3-6,8-9,12,21H,1-2,7,10-11,13-17H2/t21-/m1/s1. The van der Waals surface area contributed by atoms with Crippen molar-refractivity contribution in [2.75, 3.05) is 26.3 Å². The van der Waals surface area contributed by atoms with Gasteiger partial charge in [-0.3, -0.25) is 9.78 Å². The summed E-state index contributed by atoms with van der Waals surface area (Å²) in [6, 6.07) is 10.1. The summed E-state index contributed by atoms with van der Waals surface area (Å²) in [5.74, 6) is 1.13. The van der Waals surface area contributed by atoms with E-state index in [4.69, 9.17) is 14.2 Å². The summed E-state index contributed by atoms with van der Waals surface area (Å²) < 4.78 is 17.9. The molecule has 0 bridgehead atoms. The summed E-state index contributed by atoms with van der Waals surface area (Å²) in [6.45, 7) is 3.39. The van der Waals surface area contributed by atoms with Gasteiger partial charge >= 0.3 is 0 Å². The van der Waals surface area contributed by atoms with Crippen LogP contribution in [0.25, 0.3) is 0 Å². The first kappa shape index (κ1) is 19.5. The Balaban J connectivity index is 1.13. The number of rotatable bonds is 5. The lowest BCUT2D eigenvalue weighted by Gasteiger charge is -2.53. The van der Waals surface area contributed by atoms with Gasteiger partial charge in [-0.15, -0.1) is 0 Å². The largest absolute Gasteiger partial charge is 0.493 e. The molecule has 6 heteroatoms. The highest BCUT2D eigenvalue weighted by Gasteiger charge is 2.49. The molecule has 0 aliphatic carbocycles. The average molecular weight is 408 g/mol. The number of ether oxygens (including phenoxy) is 3. The number of benzene rings is 1. The molecule has 2 fully saturated rings. The van der Waals surface area contributed by atoms with Crippen LogP contribution in [-0.2, 0) is 33.7 Å². The Labute approximate surface area is 177 Å². The van der Waals surface area contributed by atoms with E-state index in [1.165, 1.54) is 5.56 Å². The molecule has 0 N–H and O–H groups in total. The molecule has 0 saturated carbocycles. The van der Waals surface area contributed by atoms with Crippen LogP contribution >= 0.6 is 0 Å². The first-order valence-electron chi connectivity index (χ1n) is 10.9. The number of hydrogen-bond donors (Lipinski definition) is 0. The van der Waals surface area contributed by atoms with Gasteiger partial charge in [0.1, 0.15) is 11.4 Å². The van der Waals surface area contributed by atoms with Crippen molar-refractivity contribution in [2.45, 2.75) is 50.4 Å². The van der Waals surface area contributed by atoms with E-state index >= 15 is 0 Å². The lowest BCUT2D eigenvalue weighted by atomic mass is 9.84. The number of pyridine rings is 1. The molecule has 3 aliphatic heterocycles. The minimum atomic E-state index is -0.236. The molecule has 1 aromatic heterocycles. The van der Waals surface area contributed by atoms with E-state index in [0.717, 1.165) is 49.2 Å². The zero-order chi connectivity index (χ0) is 20.4. The molecule has 158 valence electrons. The van der Waals surface area contributed by atoms with E-state index in [1.54, 1.807) is 12.4 Å². The summed E-state index contributed by atoms with van der Waals surface area (Å²) in [6.07, 6.45) is 8.00. The van der Waals surface area contributed by atoms with Gasteiger partial charge in [-0.05, 0) is 54.2 Å². The molecule has 1 spiro atoms. The van der Waals surface area contributed by atoms with E-state index in [-0.39, 0.29) is 17.6 Å². The Morgan fingerprint density at radius 3 is 2.90 bits per heavy atom. The molecular weight excluding hydrogens is 380 g/mol. The van der Waals surface area contributed by atoms with E-state index < -0.39 is 0 Å². The van der Waals surface area contributed by atoms with Crippen LogP contribution in [0.5, 0.6) is 5.75 Å². The molecule has 4 heterocycles. The first-order valence-corrected chi connectivity index (χ1v) is 10.9. The van der Waals surface area contributed by atoms with Crippen LogP contribution in [0.1, 0.15) is 36.0 Å². The molecule has 1 amide bonds. The van der Waals surface area contributed by atoms with Crippen molar-refractivity contribution in [1.82, 2.24) is 9.88 Å². The number of fused-ring (bicyclic) bond motifs is 1. The topological polar surface area (TPSA) is 60.9 Å². The van der Waals surface area contributed by atoms with Gasteiger partial charge in [0.25, 0.3) is 0 Å². The Kier molecular flexibility index (Phi) is 5.44. The summed E-state index contributed by atoms with van der Waals surface area (Å²) in [4.78, 5) is 18.7.